The van der Waals surface area contributed by atoms with Crippen LogP contribution in [0.3, 0.4) is 0 Å². The summed E-state index contributed by atoms with van der Waals surface area (Å²) >= 11 is 1.86. The van der Waals surface area contributed by atoms with Gasteiger partial charge in [-0.2, -0.15) is 11.8 Å². The lowest BCUT2D eigenvalue weighted by Crippen LogP contribution is -2.40. The lowest BCUT2D eigenvalue weighted by molar-refractivity contribution is -0.116. The van der Waals surface area contributed by atoms with Crippen LogP contribution in [0.25, 0.3) is 0 Å². The molecule has 1 aromatic carbocycles. The van der Waals surface area contributed by atoms with Crippen LogP contribution in [0.2, 0.25) is 0 Å². The van der Waals surface area contributed by atoms with Crippen molar-refractivity contribution in [3.63, 3.8) is 0 Å². The first-order chi connectivity index (χ1) is 10.0. The number of thioether (sulfide) groups is 1. The van der Waals surface area contributed by atoms with Crippen molar-refractivity contribution < 1.29 is 9.18 Å². The first kappa shape index (κ1) is 16.1. The molecule has 0 radical (unpaired) electrons. The third-order valence-electron chi connectivity index (χ3n) is 3.13. The minimum Gasteiger partial charge on any atom is -0.381 e. The van der Waals surface area contributed by atoms with Crippen LogP contribution in [0.15, 0.2) is 18.2 Å². The number of anilines is 2. The van der Waals surface area contributed by atoms with Crippen molar-refractivity contribution in [2.75, 3.05) is 28.7 Å². The van der Waals surface area contributed by atoms with Crippen molar-refractivity contribution in [2.45, 2.75) is 32.4 Å². The van der Waals surface area contributed by atoms with Crippen LogP contribution in [0.1, 0.15) is 20.3 Å². The topological polar surface area (TPSA) is 53.2 Å². The van der Waals surface area contributed by atoms with Gasteiger partial charge < -0.3 is 16.0 Å². The van der Waals surface area contributed by atoms with Crippen LogP contribution in [-0.2, 0) is 4.79 Å². The molecular weight excluding hydrogens is 289 g/mol. The van der Waals surface area contributed by atoms with E-state index in [4.69, 9.17) is 0 Å². The summed E-state index contributed by atoms with van der Waals surface area (Å²) < 4.78 is 13.3. The fraction of sp³-hybridized carbons (Fsp3) is 0.533. The normalized spacial score (nSPS) is 18.6. The van der Waals surface area contributed by atoms with Crippen molar-refractivity contribution in [2.24, 2.45) is 0 Å². The molecule has 116 valence electrons. The molecule has 0 bridgehead atoms. The van der Waals surface area contributed by atoms with Gasteiger partial charge >= 0.3 is 0 Å². The van der Waals surface area contributed by atoms with Crippen molar-refractivity contribution in [3.05, 3.63) is 24.0 Å². The third kappa shape index (κ3) is 5.21. The Kier molecular flexibility index (Phi) is 5.87. The molecule has 0 saturated carbocycles. The van der Waals surface area contributed by atoms with Crippen LogP contribution < -0.4 is 16.0 Å². The molecule has 2 rings (SSSR count). The van der Waals surface area contributed by atoms with Crippen LogP contribution in [0.5, 0.6) is 0 Å². The maximum atomic E-state index is 13.3. The molecule has 6 heteroatoms. The minimum absolute atomic E-state index is 0.0478. The van der Waals surface area contributed by atoms with E-state index >= 15 is 0 Å². The zero-order valence-corrected chi connectivity index (χ0v) is 13.2. The highest BCUT2D eigenvalue weighted by Crippen LogP contribution is 2.24. The molecule has 21 heavy (non-hydrogen) atoms. The highest BCUT2D eigenvalue weighted by molar-refractivity contribution is 7.99. The fourth-order valence-electron chi connectivity index (χ4n) is 2.23. The Bertz CT molecular complexity index is 490. The first-order valence-electron chi connectivity index (χ1n) is 7.21. The smallest absolute Gasteiger partial charge is 0.226 e. The Morgan fingerprint density at radius 3 is 2.95 bits per heavy atom. The second-order valence-electron chi connectivity index (χ2n) is 5.47. The highest BCUT2D eigenvalue weighted by atomic mass is 32.2. The van der Waals surface area contributed by atoms with Gasteiger partial charge in [0.1, 0.15) is 5.82 Å². The average Bonchev–Trinajstić information content (AvgIpc) is 2.42. The van der Waals surface area contributed by atoms with E-state index in [1.54, 1.807) is 6.07 Å². The van der Waals surface area contributed by atoms with Gasteiger partial charge in [-0.05, 0) is 32.0 Å². The lowest BCUT2D eigenvalue weighted by atomic mass is 10.2. The second kappa shape index (κ2) is 7.66. The summed E-state index contributed by atoms with van der Waals surface area (Å²) in [5.41, 5.74) is 1.24. The summed E-state index contributed by atoms with van der Waals surface area (Å²) in [6.45, 7) is 4.89. The van der Waals surface area contributed by atoms with E-state index in [0.717, 1.165) is 18.1 Å². The fourth-order valence-corrected chi connectivity index (χ4v) is 3.18. The van der Waals surface area contributed by atoms with Crippen LogP contribution in [-0.4, -0.2) is 36.0 Å². The molecule has 1 atom stereocenters. The van der Waals surface area contributed by atoms with Gasteiger partial charge in [-0.15, -0.1) is 0 Å². The maximum Gasteiger partial charge on any atom is 0.226 e. The highest BCUT2D eigenvalue weighted by Gasteiger charge is 2.17. The summed E-state index contributed by atoms with van der Waals surface area (Å²) in [7, 11) is 0. The summed E-state index contributed by atoms with van der Waals surface area (Å²) in [6, 6.07) is 4.74. The standard InChI is InChI=1S/C15H22FN3OS/c1-10(2)18-14-7-11(16)3-4-13(14)19-15(20)8-12-9-21-6-5-17-12/h3-4,7,10,12,17-18H,5-6,8-9H2,1-2H3,(H,19,20). The number of carbonyl (C=O) groups is 1. The predicted molar refractivity (Wildman–Crippen MR) is 87.5 cm³/mol. The predicted octanol–water partition coefficient (Wildman–Crippen LogP) is 2.68. The van der Waals surface area contributed by atoms with Gasteiger partial charge in [0, 0.05) is 36.6 Å². The van der Waals surface area contributed by atoms with Gasteiger partial charge in [-0.3, -0.25) is 4.79 Å². The Morgan fingerprint density at radius 1 is 1.48 bits per heavy atom. The Morgan fingerprint density at radius 2 is 2.29 bits per heavy atom. The molecule has 4 nitrogen and oxygen atoms in total. The quantitative estimate of drug-likeness (QED) is 0.782. The van der Waals surface area contributed by atoms with E-state index in [0.29, 0.717) is 17.8 Å². The van der Waals surface area contributed by atoms with Gasteiger partial charge in [0.05, 0.1) is 11.4 Å². The monoisotopic (exact) mass is 311 g/mol. The molecule has 1 aliphatic rings. The summed E-state index contributed by atoms with van der Waals surface area (Å²) in [5.74, 6) is 1.68. The number of benzene rings is 1. The van der Waals surface area contributed by atoms with Crippen molar-refractivity contribution in [1.29, 1.82) is 0 Å². The number of rotatable bonds is 5. The summed E-state index contributed by atoms with van der Waals surface area (Å²) in [5, 5.41) is 9.36. The van der Waals surface area contributed by atoms with Gasteiger partial charge in [-0.1, -0.05) is 0 Å². The van der Waals surface area contributed by atoms with E-state index in [1.807, 2.05) is 25.6 Å². The van der Waals surface area contributed by atoms with E-state index in [9.17, 15) is 9.18 Å². The largest absolute Gasteiger partial charge is 0.381 e. The molecule has 1 saturated heterocycles. The van der Waals surface area contributed by atoms with E-state index in [-0.39, 0.29) is 23.8 Å². The van der Waals surface area contributed by atoms with E-state index in [2.05, 4.69) is 16.0 Å². The number of carbonyl (C=O) groups excluding carboxylic acids is 1. The minimum atomic E-state index is -0.318. The molecule has 0 spiro atoms. The Balaban J connectivity index is 1.98. The Hall–Kier alpha value is -1.27. The van der Waals surface area contributed by atoms with Crippen LogP contribution >= 0.6 is 11.8 Å². The first-order valence-corrected chi connectivity index (χ1v) is 8.37. The molecule has 1 heterocycles. The number of amides is 1. The zero-order valence-electron chi connectivity index (χ0n) is 12.4. The Labute approximate surface area is 129 Å². The number of hydrogen-bond acceptors (Lipinski definition) is 4. The van der Waals surface area contributed by atoms with Crippen molar-refractivity contribution in [3.8, 4) is 0 Å². The van der Waals surface area contributed by atoms with Gasteiger partial charge in [0.25, 0.3) is 0 Å². The molecule has 1 amide bonds. The summed E-state index contributed by atoms with van der Waals surface area (Å²) in [6.07, 6.45) is 0.436. The van der Waals surface area contributed by atoms with Crippen molar-refractivity contribution >= 4 is 29.0 Å². The van der Waals surface area contributed by atoms with E-state index < -0.39 is 0 Å². The average molecular weight is 311 g/mol. The van der Waals surface area contributed by atoms with Crippen molar-refractivity contribution in [1.82, 2.24) is 5.32 Å². The number of nitrogens with one attached hydrogen (secondary N) is 3. The number of hydrogen-bond donors (Lipinski definition) is 3. The summed E-state index contributed by atoms with van der Waals surface area (Å²) in [4.78, 5) is 12.1. The van der Waals surface area contributed by atoms with Crippen LogP contribution in [0, 0.1) is 5.82 Å². The molecule has 1 aromatic rings. The molecular formula is C15H22FN3OS. The SMILES string of the molecule is CC(C)Nc1cc(F)ccc1NC(=O)CC1CSCCN1. The second-order valence-corrected chi connectivity index (χ2v) is 6.62. The number of halogens is 1. The van der Waals surface area contributed by atoms with Gasteiger partial charge in [0.2, 0.25) is 5.91 Å². The molecule has 0 aromatic heterocycles. The molecule has 1 unspecified atom stereocenters. The van der Waals surface area contributed by atoms with Crippen LogP contribution in [0.4, 0.5) is 15.8 Å². The van der Waals surface area contributed by atoms with Gasteiger partial charge in [0.15, 0.2) is 0 Å². The van der Waals surface area contributed by atoms with Gasteiger partial charge in [-0.25, -0.2) is 4.39 Å². The molecule has 1 aliphatic heterocycles. The van der Waals surface area contributed by atoms with E-state index in [1.165, 1.54) is 12.1 Å². The molecule has 1 fully saturated rings. The third-order valence-corrected chi connectivity index (χ3v) is 4.26. The maximum absolute atomic E-state index is 13.3. The zero-order chi connectivity index (χ0) is 15.2. The lowest BCUT2D eigenvalue weighted by Gasteiger charge is -2.23. The molecule has 0 aliphatic carbocycles. The molecule has 3 N–H and O–H groups in total.